The molecule has 2 heterocycles. The van der Waals surface area contributed by atoms with Crippen LogP contribution < -0.4 is 20.7 Å². The minimum Gasteiger partial charge on any atom is -0.495 e. The number of carbonyl (C=O) groups is 1. The Morgan fingerprint density at radius 2 is 1.87 bits per heavy atom. The van der Waals surface area contributed by atoms with Crippen molar-refractivity contribution in [3.8, 4) is 5.75 Å². The molecule has 0 spiro atoms. The molecule has 10 nitrogen and oxygen atoms in total. The van der Waals surface area contributed by atoms with Gasteiger partial charge in [0.2, 0.25) is 13.3 Å². The Balaban J connectivity index is 1.97. The van der Waals surface area contributed by atoms with Gasteiger partial charge in [-0.25, -0.2) is 9.97 Å². The fraction of sp³-hybridized carbons (Fsp3) is 0.304. The molecule has 3 aromatic rings. The van der Waals surface area contributed by atoms with Gasteiger partial charge in [-0.05, 0) is 52.2 Å². The van der Waals surface area contributed by atoms with E-state index in [4.69, 9.17) is 4.74 Å². The molecule has 0 aliphatic heterocycles. The lowest BCUT2D eigenvalue weighted by molar-refractivity contribution is -0.137. The summed E-state index contributed by atoms with van der Waals surface area (Å²) in [7, 11) is -0.606. The Morgan fingerprint density at radius 1 is 1.16 bits per heavy atom. The van der Waals surface area contributed by atoms with Crippen molar-refractivity contribution in [2.75, 3.05) is 31.0 Å². The summed E-state index contributed by atoms with van der Waals surface area (Å²) in [5.41, 5.74) is -0.436. The van der Waals surface area contributed by atoms with Crippen LogP contribution in [0.15, 0.2) is 41.1 Å². The van der Waals surface area contributed by atoms with Gasteiger partial charge < -0.3 is 25.6 Å². The van der Waals surface area contributed by atoms with Gasteiger partial charge in [0.25, 0.3) is 5.91 Å². The SMILES string of the molecule is CCCP(=O)(O)Cc1ccc(Nc2ncc(C(F)(F)F)c(Nc3ccc(Br)nc3C(=O)NC)n2)c(OC)c1. The molecular weight excluding hydrogens is 592 g/mol. The van der Waals surface area contributed by atoms with Gasteiger partial charge in [0.1, 0.15) is 21.7 Å². The lowest BCUT2D eigenvalue weighted by Crippen LogP contribution is -2.21. The van der Waals surface area contributed by atoms with Gasteiger partial charge >= 0.3 is 6.18 Å². The Morgan fingerprint density at radius 3 is 2.50 bits per heavy atom. The fourth-order valence-corrected chi connectivity index (χ4v) is 5.41. The smallest absolute Gasteiger partial charge is 0.421 e. The number of hydrogen-bond donors (Lipinski definition) is 4. The third-order valence-corrected chi connectivity index (χ3v) is 7.61. The van der Waals surface area contributed by atoms with Crippen LogP contribution in [0.1, 0.15) is 35.0 Å². The third kappa shape index (κ3) is 7.42. The Kier molecular flexibility index (Phi) is 9.34. The van der Waals surface area contributed by atoms with E-state index < -0.39 is 30.8 Å². The van der Waals surface area contributed by atoms with Crippen LogP contribution in [-0.2, 0) is 16.9 Å². The molecule has 1 unspecified atom stereocenters. The van der Waals surface area contributed by atoms with Crippen molar-refractivity contribution < 1.29 is 32.2 Å². The number of nitrogens with one attached hydrogen (secondary N) is 3. The molecule has 2 aromatic heterocycles. The van der Waals surface area contributed by atoms with Crippen molar-refractivity contribution in [2.45, 2.75) is 25.7 Å². The van der Waals surface area contributed by atoms with Gasteiger partial charge in [-0.15, -0.1) is 0 Å². The number of hydrogen-bond acceptors (Lipinski definition) is 8. The van der Waals surface area contributed by atoms with Crippen molar-refractivity contribution in [2.24, 2.45) is 0 Å². The number of nitrogens with zero attached hydrogens (tertiary/aromatic N) is 3. The largest absolute Gasteiger partial charge is 0.495 e. The van der Waals surface area contributed by atoms with Crippen molar-refractivity contribution in [1.82, 2.24) is 20.3 Å². The molecule has 1 atom stereocenters. The minimum atomic E-state index is -4.80. The second-order valence-corrected chi connectivity index (χ2v) is 11.3. The number of rotatable bonds is 10. The first kappa shape index (κ1) is 29.3. The van der Waals surface area contributed by atoms with Gasteiger partial charge in [0, 0.05) is 25.6 Å². The summed E-state index contributed by atoms with van der Waals surface area (Å²) in [5.74, 6) is -1.15. The molecule has 0 bridgehead atoms. The van der Waals surface area contributed by atoms with E-state index in [1.54, 1.807) is 18.2 Å². The molecule has 3 rings (SSSR count). The van der Waals surface area contributed by atoms with Crippen molar-refractivity contribution in [1.29, 1.82) is 0 Å². The molecule has 0 aliphatic carbocycles. The highest BCUT2D eigenvalue weighted by atomic mass is 79.9. The average molecular weight is 617 g/mol. The zero-order chi connectivity index (χ0) is 28.1. The van der Waals surface area contributed by atoms with Crippen LogP contribution in [0.5, 0.6) is 5.75 Å². The molecule has 0 aliphatic rings. The Labute approximate surface area is 225 Å². The lowest BCUT2D eigenvalue weighted by atomic mass is 10.2. The zero-order valence-electron chi connectivity index (χ0n) is 20.6. The summed E-state index contributed by atoms with van der Waals surface area (Å²) in [4.78, 5) is 34.2. The van der Waals surface area contributed by atoms with E-state index in [2.05, 4.69) is 46.8 Å². The Hall–Kier alpha value is -3.22. The van der Waals surface area contributed by atoms with E-state index in [1.165, 1.54) is 26.3 Å². The number of halogens is 4. The predicted octanol–water partition coefficient (Wildman–Crippen LogP) is 5.69. The molecule has 15 heteroatoms. The molecule has 0 fully saturated rings. The number of amides is 1. The van der Waals surface area contributed by atoms with E-state index in [1.807, 2.05) is 6.92 Å². The molecule has 204 valence electrons. The van der Waals surface area contributed by atoms with Crippen LogP contribution >= 0.6 is 23.3 Å². The van der Waals surface area contributed by atoms with E-state index in [9.17, 15) is 27.4 Å². The molecule has 1 aromatic carbocycles. The average Bonchev–Trinajstić information content (AvgIpc) is 2.84. The summed E-state index contributed by atoms with van der Waals surface area (Å²) in [6.07, 6.45) is -3.49. The van der Waals surface area contributed by atoms with E-state index in [-0.39, 0.29) is 35.4 Å². The predicted molar refractivity (Wildman–Crippen MR) is 141 cm³/mol. The van der Waals surface area contributed by atoms with Crippen molar-refractivity contribution in [3.05, 3.63) is 58.0 Å². The number of carbonyl (C=O) groups excluding carboxylic acids is 1. The first-order chi connectivity index (χ1) is 17.9. The minimum absolute atomic E-state index is 0.00912. The number of methoxy groups -OCH3 is 1. The lowest BCUT2D eigenvalue weighted by Gasteiger charge is -2.17. The van der Waals surface area contributed by atoms with Gasteiger partial charge in [0.15, 0.2) is 5.69 Å². The highest BCUT2D eigenvalue weighted by Gasteiger charge is 2.36. The van der Waals surface area contributed by atoms with E-state index >= 15 is 0 Å². The first-order valence-electron chi connectivity index (χ1n) is 11.2. The zero-order valence-corrected chi connectivity index (χ0v) is 23.0. The molecule has 4 N–H and O–H groups in total. The summed E-state index contributed by atoms with van der Waals surface area (Å²) in [6, 6.07) is 7.57. The number of benzene rings is 1. The van der Waals surface area contributed by atoms with Crippen LogP contribution in [0.25, 0.3) is 0 Å². The number of anilines is 4. The number of pyridine rings is 1. The standard InChI is InChI=1S/C23H25BrF3N6O4P/c1-4-9-38(35,36)12-13-5-6-15(17(10-13)37-3)31-22-29-11-14(23(25,26)27)20(33-22)30-16-7-8-18(24)32-19(16)21(34)28-2/h5-8,10-11H,4,9,12H2,1-3H3,(H,28,34)(H,35,36)(H2,29,30,31,33). The van der Waals surface area contributed by atoms with Crippen LogP contribution in [-0.4, -0.2) is 46.1 Å². The number of ether oxygens (including phenoxy) is 1. The molecular formula is C23H25BrF3N6O4P. The summed E-state index contributed by atoms with van der Waals surface area (Å²) < 4.78 is 59.2. The summed E-state index contributed by atoms with van der Waals surface area (Å²) in [5, 5.41) is 7.74. The number of aromatic nitrogens is 3. The monoisotopic (exact) mass is 616 g/mol. The summed E-state index contributed by atoms with van der Waals surface area (Å²) in [6.45, 7) is 1.82. The first-order valence-corrected chi connectivity index (χ1v) is 14.0. The fourth-order valence-electron chi connectivity index (χ4n) is 3.47. The van der Waals surface area contributed by atoms with Crippen LogP contribution in [0, 0.1) is 0 Å². The third-order valence-electron chi connectivity index (χ3n) is 5.17. The van der Waals surface area contributed by atoms with Gasteiger partial charge in [0.05, 0.1) is 18.5 Å². The van der Waals surface area contributed by atoms with Gasteiger partial charge in [-0.1, -0.05) is 13.0 Å². The molecule has 0 radical (unpaired) electrons. The van der Waals surface area contributed by atoms with Crippen LogP contribution in [0.2, 0.25) is 0 Å². The molecule has 0 saturated carbocycles. The molecule has 1 amide bonds. The van der Waals surface area contributed by atoms with E-state index in [0.29, 0.717) is 28.5 Å². The van der Waals surface area contributed by atoms with Crippen LogP contribution in [0.3, 0.4) is 0 Å². The Bertz CT molecular complexity index is 1380. The topological polar surface area (TPSA) is 138 Å². The quantitative estimate of drug-likeness (QED) is 0.167. The van der Waals surface area contributed by atoms with Gasteiger partial charge in [-0.3, -0.25) is 9.36 Å². The van der Waals surface area contributed by atoms with Crippen molar-refractivity contribution >= 4 is 52.3 Å². The second-order valence-electron chi connectivity index (χ2n) is 8.08. The highest BCUT2D eigenvalue weighted by Crippen LogP contribution is 2.46. The summed E-state index contributed by atoms with van der Waals surface area (Å²) >= 11 is 3.14. The normalized spacial score (nSPS) is 12.9. The maximum Gasteiger partial charge on any atom is 0.421 e. The molecule has 0 saturated heterocycles. The van der Waals surface area contributed by atoms with Gasteiger partial charge in [-0.2, -0.15) is 18.2 Å². The maximum absolute atomic E-state index is 13.7. The van der Waals surface area contributed by atoms with Crippen molar-refractivity contribution in [3.63, 3.8) is 0 Å². The molecule has 38 heavy (non-hydrogen) atoms. The maximum atomic E-state index is 13.7. The van der Waals surface area contributed by atoms with Crippen LogP contribution in [0.4, 0.5) is 36.3 Å². The number of alkyl halides is 3. The highest BCUT2D eigenvalue weighted by molar-refractivity contribution is 9.10. The second kappa shape index (κ2) is 12.1. The van der Waals surface area contributed by atoms with E-state index in [0.717, 1.165) is 0 Å².